The molecule has 0 aromatic heterocycles. The van der Waals surface area contributed by atoms with Crippen LogP contribution < -0.4 is 0 Å². The number of hydrogen-bond donors (Lipinski definition) is 0. The van der Waals surface area contributed by atoms with Crippen molar-refractivity contribution in [3.63, 3.8) is 0 Å². The average Bonchev–Trinajstić information content (AvgIpc) is 2.33. The fourth-order valence-electron chi connectivity index (χ4n) is 1.65. The van der Waals surface area contributed by atoms with Gasteiger partial charge < -0.3 is 0 Å². The molecule has 0 aliphatic heterocycles. The van der Waals surface area contributed by atoms with Gasteiger partial charge in [0.25, 0.3) is 0 Å². The molecule has 1 rings (SSSR count). The summed E-state index contributed by atoms with van der Waals surface area (Å²) in [5.41, 5.74) is 0. The van der Waals surface area contributed by atoms with Crippen molar-refractivity contribution < 1.29 is 8.42 Å². The third-order valence-corrected chi connectivity index (χ3v) is 5.93. The third-order valence-electron chi connectivity index (χ3n) is 2.61. The van der Waals surface area contributed by atoms with E-state index in [4.69, 9.17) is 28.5 Å². The fourth-order valence-corrected chi connectivity index (χ4v) is 5.07. The lowest BCUT2D eigenvalue weighted by Gasteiger charge is -2.22. The molecule has 110 valence electrons. The Morgan fingerprint density at radius 1 is 1.40 bits per heavy atom. The van der Waals surface area contributed by atoms with E-state index < -0.39 is 15.9 Å². The Labute approximate surface area is 137 Å². The van der Waals surface area contributed by atoms with Crippen LogP contribution in [-0.4, -0.2) is 25.8 Å². The van der Waals surface area contributed by atoms with E-state index in [2.05, 4.69) is 15.9 Å². The van der Waals surface area contributed by atoms with Gasteiger partial charge in [0, 0.05) is 17.6 Å². The van der Waals surface area contributed by atoms with Crippen LogP contribution >= 0.6 is 39.1 Å². The first-order chi connectivity index (χ1) is 9.23. The Balaban J connectivity index is 3.32. The van der Waals surface area contributed by atoms with Crippen LogP contribution in [0.25, 0.3) is 0 Å². The Morgan fingerprint density at radius 2 is 1.90 bits per heavy atom. The summed E-state index contributed by atoms with van der Waals surface area (Å²) in [6.45, 7) is 3.68. The molecule has 0 radical (unpaired) electrons. The summed E-state index contributed by atoms with van der Waals surface area (Å²) in [4.78, 5) is -0.129. The molecule has 1 atom stereocenters. The van der Waals surface area contributed by atoms with Crippen LogP contribution in [0.5, 0.6) is 0 Å². The second-order valence-electron chi connectivity index (χ2n) is 4.18. The second kappa shape index (κ2) is 7.10. The Morgan fingerprint density at radius 3 is 2.30 bits per heavy atom. The average molecular weight is 400 g/mol. The number of hydrogen-bond acceptors (Lipinski definition) is 3. The van der Waals surface area contributed by atoms with Crippen LogP contribution in [0.4, 0.5) is 0 Å². The van der Waals surface area contributed by atoms with Gasteiger partial charge >= 0.3 is 0 Å². The Kier molecular flexibility index (Phi) is 6.29. The predicted molar refractivity (Wildman–Crippen MR) is 83.4 cm³/mol. The molecule has 1 unspecified atom stereocenters. The number of halogens is 3. The van der Waals surface area contributed by atoms with Crippen LogP contribution in [0.2, 0.25) is 10.0 Å². The summed E-state index contributed by atoms with van der Waals surface area (Å²) >= 11 is 15.2. The van der Waals surface area contributed by atoms with Gasteiger partial charge in [-0.25, -0.2) is 8.42 Å². The Bertz CT molecular complexity index is 620. The van der Waals surface area contributed by atoms with Gasteiger partial charge in [-0.1, -0.05) is 46.1 Å². The lowest BCUT2D eigenvalue weighted by molar-refractivity contribution is 0.400. The lowest BCUT2D eigenvalue weighted by atomic mass is 10.2. The van der Waals surface area contributed by atoms with E-state index in [-0.39, 0.29) is 28.0 Å². The van der Waals surface area contributed by atoms with Gasteiger partial charge in [-0.3, -0.25) is 0 Å². The quantitative estimate of drug-likeness (QED) is 0.753. The van der Waals surface area contributed by atoms with Crippen molar-refractivity contribution in [3.05, 3.63) is 26.7 Å². The number of benzene rings is 1. The zero-order valence-electron chi connectivity index (χ0n) is 10.9. The van der Waals surface area contributed by atoms with Crippen molar-refractivity contribution in [1.82, 2.24) is 4.31 Å². The van der Waals surface area contributed by atoms with Gasteiger partial charge in [0.2, 0.25) is 10.0 Å². The van der Waals surface area contributed by atoms with E-state index in [1.165, 1.54) is 16.4 Å². The van der Waals surface area contributed by atoms with Gasteiger partial charge in [0.15, 0.2) is 0 Å². The molecule has 0 N–H and O–H groups in total. The molecule has 8 heteroatoms. The van der Waals surface area contributed by atoms with Crippen LogP contribution in [0.3, 0.4) is 0 Å². The van der Waals surface area contributed by atoms with Crippen molar-refractivity contribution in [1.29, 1.82) is 5.26 Å². The van der Waals surface area contributed by atoms with Gasteiger partial charge in [-0.05, 0) is 19.1 Å². The molecule has 0 amide bonds. The first-order valence-electron chi connectivity index (χ1n) is 5.78. The summed E-state index contributed by atoms with van der Waals surface area (Å²) in [6, 6.07) is 4.96. The van der Waals surface area contributed by atoms with Gasteiger partial charge in [-0.15, -0.1) is 0 Å². The maximum absolute atomic E-state index is 12.6. The molecular weight excluding hydrogens is 387 g/mol. The molecule has 1 aromatic carbocycles. The molecule has 4 nitrogen and oxygen atoms in total. The smallest absolute Gasteiger partial charge is 0.207 e. The SMILES string of the molecule is CCN(CC(C)C#N)S(=O)(=O)c1c(Cl)cc(Br)cc1Cl. The minimum Gasteiger partial charge on any atom is -0.207 e. The van der Waals surface area contributed by atoms with Gasteiger partial charge in [0.1, 0.15) is 4.90 Å². The van der Waals surface area contributed by atoms with Gasteiger partial charge in [0.05, 0.1) is 22.0 Å². The normalized spacial score (nSPS) is 13.2. The molecule has 1 aromatic rings. The maximum atomic E-state index is 12.6. The largest absolute Gasteiger partial charge is 0.246 e. The number of sulfonamides is 1. The first-order valence-corrected chi connectivity index (χ1v) is 8.77. The van der Waals surface area contributed by atoms with Crippen LogP contribution in [0.1, 0.15) is 13.8 Å². The van der Waals surface area contributed by atoms with Crippen molar-refractivity contribution in [3.8, 4) is 6.07 Å². The van der Waals surface area contributed by atoms with Crippen LogP contribution in [-0.2, 0) is 10.0 Å². The molecule has 0 aliphatic rings. The zero-order chi connectivity index (χ0) is 15.5. The highest BCUT2D eigenvalue weighted by Crippen LogP contribution is 2.34. The maximum Gasteiger partial charge on any atom is 0.246 e. The van der Waals surface area contributed by atoms with E-state index in [9.17, 15) is 8.42 Å². The molecule has 0 bridgehead atoms. The summed E-state index contributed by atoms with van der Waals surface area (Å²) < 4.78 is 27.0. The second-order valence-corrected chi connectivity index (χ2v) is 7.79. The first kappa shape index (κ1) is 17.7. The Hall–Kier alpha value is -0.320. The molecular formula is C12H13BrCl2N2O2S. The number of rotatable bonds is 5. The standard InChI is InChI=1S/C12H13BrCl2N2O2S/c1-3-17(7-8(2)6-16)20(18,19)12-10(14)4-9(13)5-11(12)15/h4-5,8H,3,7H2,1-2H3. The molecule has 0 fully saturated rings. The monoisotopic (exact) mass is 398 g/mol. The number of nitriles is 1. The van der Waals surface area contributed by atoms with Crippen molar-refractivity contribution in [2.45, 2.75) is 18.7 Å². The molecule has 0 saturated heterocycles. The highest BCUT2D eigenvalue weighted by Gasteiger charge is 2.29. The molecule has 0 spiro atoms. The van der Waals surface area contributed by atoms with E-state index >= 15 is 0 Å². The molecule has 0 aliphatic carbocycles. The molecule has 20 heavy (non-hydrogen) atoms. The summed E-state index contributed by atoms with van der Waals surface area (Å²) in [5.74, 6) is -0.419. The van der Waals surface area contributed by atoms with E-state index in [0.717, 1.165) is 0 Å². The topological polar surface area (TPSA) is 61.2 Å². The summed E-state index contributed by atoms with van der Waals surface area (Å²) in [6.07, 6.45) is 0. The van der Waals surface area contributed by atoms with E-state index in [1.807, 2.05) is 6.07 Å². The van der Waals surface area contributed by atoms with Crippen LogP contribution in [0.15, 0.2) is 21.5 Å². The minimum atomic E-state index is -3.84. The predicted octanol–water partition coefficient (Wildman–Crippen LogP) is 3.93. The fraction of sp³-hybridized carbons (Fsp3) is 0.417. The van der Waals surface area contributed by atoms with E-state index in [1.54, 1.807) is 13.8 Å². The van der Waals surface area contributed by atoms with Crippen LogP contribution in [0, 0.1) is 17.2 Å². The van der Waals surface area contributed by atoms with E-state index in [0.29, 0.717) is 4.47 Å². The van der Waals surface area contributed by atoms with Crippen molar-refractivity contribution in [2.24, 2.45) is 5.92 Å². The lowest BCUT2D eigenvalue weighted by Crippen LogP contribution is -2.34. The van der Waals surface area contributed by atoms with Gasteiger partial charge in [-0.2, -0.15) is 9.57 Å². The highest BCUT2D eigenvalue weighted by molar-refractivity contribution is 9.10. The summed E-state index contributed by atoms with van der Waals surface area (Å²) in [5, 5.41) is 8.93. The molecule has 0 heterocycles. The third kappa shape index (κ3) is 3.86. The van der Waals surface area contributed by atoms with Crippen molar-refractivity contribution in [2.75, 3.05) is 13.1 Å². The zero-order valence-corrected chi connectivity index (χ0v) is 14.8. The minimum absolute atomic E-state index is 0.0486. The molecule has 0 saturated carbocycles. The summed E-state index contributed by atoms with van der Waals surface area (Å²) in [7, 11) is -3.84. The highest BCUT2D eigenvalue weighted by atomic mass is 79.9. The number of nitrogens with zero attached hydrogens (tertiary/aromatic N) is 2. The van der Waals surface area contributed by atoms with Crippen molar-refractivity contribution >= 4 is 49.2 Å².